The van der Waals surface area contributed by atoms with Crippen LogP contribution in [-0.4, -0.2) is 252 Å². The number of carboxylic acids is 1. The fourth-order valence-electron chi connectivity index (χ4n) is 15.7. The van der Waals surface area contributed by atoms with Crippen LogP contribution in [-0.2, 0) is 118 Å². The molecule has 2 aliphatic heterocycles. The zero-order valence-corrected chi connectivity index (χ0v) is 78.6. The Morgan fingerprint density at radius 2 is 1.25 bits per heavy atom. The number of carbonyl (C=O) groups is 17. The lowest BCUT2D eigenvalue weighted by Gasteiger charge is -2.39. The van der Waals surface area contributed by atoms with E-state index in [1.807, 2.05) is 31.2 Å². The van der Waals surface area contributed by atoms with E-state index in [9.17, 15) is 63.0 Å². The number of nitrogens with zero attached hydrogens (tertiary/aromatic N) is 2. The largest absolute Gasteiger partial charge is 0.508 e. The number of likely N-dealkylation sites (N-methyl/N-ethyl adjacent to an activating group) is 1. The number of nitrogens with one attached hydrogen (secondary N) is 14. The summed E-state index contributed by atoms with van der Waals surface area (Å²) in [6.45, 7) is 11.3. The van der Waals surface area contributed by atoms with E-state index in [2.05, 4.69) is 78.8 Å². The third-order valence-corrected chi connectivity index (χ3v) is 27.5. The Hall–Kier alpha value is -13.7. The molecule has 9 rings (SSSR count). The van der Waals surface area contributed by atoms with Crippen LogP contribution < -0.4 is 91.5 Å². The van der Waals surface area contributed by atoms with Crippen LogP contribution in [0.1, 0.15) is 146 Å². The smallest absolute Gasteiger partial charge is 0.303 e. The van der Waals surface area contributed by atoms with Crippen LogP contribution in [0.5, 0.6) is 11.5 Å². The maximum Gasteiger partial charge on any atom is 0.303 e. The van der Waals surface area contributed by atoms with Gasteiger partial charge in [-0.1, -0.05) is 113 Å². The fourth-order valence-corrected chi connectivity index (χ4v) is 18.4. The number of ether oxygens (including phenoxy) is 2. The number of unbranched alkanes of at least 4 members (excludes halogenated alkanes) is 1. The number of phenols is 1. The molecular weight excluding hydrogens is 1800 g/mol. The van der Waals surface area contributed by atoms with Gasteiger partial charge in [-0.05, 0) is 130 Å². The molecule has 2 aliphatic rings. The molecule has 11 atom stereocenters. The van der Waals surface area contributed by atoms with Crippen LogP contribution >= 0.6 is 21.6 Å². The Labute approximate surface area is 792 Å². The predicted octanol–water partition coefficient (Wildman–Crippen LogP) is 0.409. The third kappa shape index (κ3) is 31.2. The molecule has 0 radical (unpaired) electrons. The van der Waals surface area contributed by atoms with Gasteiger partial charge in [-0.15, -0.1) is 0 Å². The monoisotopic (exact) mass is 1920 g/mol. The van der Waals surface area contributed by atoms with Crippen LogP contribution in [0.3, 0.4) is 0 Å². The van der Waals surface area contributed by atoms with Gasteiger partial charge in [0.15, 0.2) is 0 Å². The van der Waals surface area contributed by atoms with E-state index in [4.69, 9.17) is 32.4 Å². The minimum atomic E-state index is -2.10. The second-order valence-corrected chi connectivity index (χ2v) is 38.5. The Kier molecular flexibility index (Phi) is 38.6. The molecule has 2 fully saturated rings. The molecule has 16 amide bonds. The van der Waals surface area contributed by atoms with Crippen molar-refractivity contribution >= 4 is 144 Å². The summed E-state index contributed by atoms with van der Waals surface area (Å²) < 4.78 is 8.86. The number of amides is 16. The molecule has 732 valence electrons. The van der Waals surface area contributed by atoms with E-state index in [-0.39, 0.29) is 127 Å². The highest BCUT2D eigenvalue weighted by atomic mass is 33.1. The maximum atomic E-state index is 16.2. The molecule has 0 aliphatic carbocycles. The Bertz CT molecular complexity index is 5460. The number of hydrogen-bond acceptors (Lipinski definition) is 24. The normalized spacial score (nSPS) is 18.9. The highest BCUT2D eigenvalue weighted by molar-refractivity contribution is 8.77. The number of primary amides is 3. The Balaban J connectivity index is 1.08. The predicted molar refractivity (Wildman–Crippen MR) is 504 cm³/mol. The summed E-state index contributed by atoms with van der Waals surface area (Å²) in [4.78, 5) is 257. The zero-order chi connectivity index (χ0) is 99.3. The lowest BCUT2D eigenvalue weighted by Crippen LogP contribution is -2.67. The Morgan fingerprint density at radius 3 is 1.90 bits per heavy atom. The van der Waals surface area contributed by atoms with Crippen molar-refractivity contribution in [3.63, 3.8) is 0 Å². The number of hydrogen-bond donors (Lipinski definition) is 20. The van der Waals surface area contributed by atoms with Gasteiger partial charge in [-0.3, -0.25) is 81.5 Å². The van der Waals surface area contributed by atoms with Crippen LogP contribution in [0.4, 0.5) is 0 Å². The molecule has 136 heavy (non-hydrogen) atoms. The molecule has 4 heterocycles. The minimum Gasteiger partial charge on any atom is -0.508 e. The van der Waals surface area contributed by atoms with Crippen LogP contribution in [0.25, 0.3) is 21.7 Å². The zero-order valence-electron chi connectivity index (χ0n) is 77.0. The molecule has 24 N–H and O–H groups in total. The second-order valence-electron chi connectivity index (χ2n) is 35.0. The molecule has 5 aromatic carbocycles. The number of fused-ring (bicyclic) bond motifs is 2. The van der Waals surface area contributed by atoms with Gasteiger partial charge in [0.05, 0.1) is 19.2 Å². The maximum absolute atomic E-state index is 16.2. The van der Waals surface area contributed by atoms with Gasteiger partial charge < -0.3 is 121 Å². The number of aryl methyl sites for hydroxylation is 1. The van der Waals surface area contributed by atoms with Gasteiger partial charge >= 0.3 is 5.97 Å². The molecule has 0 bridgehead atoms. The summed E-state index contributed by atoms with van der Waals surface area (Å²) in [7, 11) is 3.36. The first-order valence-electron chi connectivity index (χ1n) is 44.6. The van der Waals surface area contributed by atoms with Crippen LogP contribution in [0.15, 0.2) is 128 Å². The molecule has 2 aromatic heterocycles. The van der Waals surface area contributed by atoms with Crippen molar-refractivity contribution in [3.8, 4) is 11.5 Å². The minimum absolute atomic E-state index is 0.0723. The van der Waals surface area contributed by atoms with E-state index in [1.54, 1.807) is 101 Å². The first-order chi connectivity index (χ1) is 64.5. The van der Waals surface area contributed by atoms with E-state index < -0.39 is 202 Å². The first-order valence-corrected chi connectivity index (χ1v) is 46.8. The summed E-state index contributed by atoms with van der Waals surface area (Å²) in [5, 5.41) is 54.7. The highest BCUT2D eigenvalue weighted by Crippen LogP contribution is 2.47. The number of para-hydroxylation sites is 1. The van der Waals surface area contributed by atoms with E-state index in [1.165, 1.54) is 50.8 Å². The molecule has 2 saturated heterocycles. The Morgan fingerprint density at radius 1 is 0.640 bits per heavy atom. The molecular formula is C93H122N20O21S2. The average Bonchev–Trinajstić information content (AvgIpc) is 1.49. The molecule has 2 unspecified atom stereocenters. The van der Waals surface area contributed by atoms with Crippen molar-refractivity contribution < 1.29 is 101 Å². The second kappa shape index (κ2) is 49.5. The number of aliphatic carboxylic acids is 1. The van der Waals surface area contributed by atoms with Gasteiger partial charge in [-0.2, -0.15) is 0 Å². The average molecular weight is 1920 g/mol. The van der Waals surface area contributed by atoms with Crippen LogP contribution in [0, 0.1) is 6.92 Å². The van der Waals surface area contributed by atoms with E-state index >= 15 is 28.8 Å². The van der Waals surface area contributed by atoms with Gasteiger partial charge in [0, 0.05) is 137 Å². The number of H-pyrrole nitrogens is 2. The first kappa shape index (κ1) is 106. The summed E-state index contributed by atoms with van der Waals surface area (Å²) >= 11 is 0. The van der Waals surface area contributed by atoms with E-state index in [0.29, 0.717) is 38.8 Å². The topological polar surface area (TPSA) is 645 Å². The standard InChI is InChI=1S/C93H122N20O21S2/c1-9-63-80(122)106-68(43-58-48-100-77-51(2)15-14-18-62(58)77)84(126)104-64(19-12-13-35-99-52(3)114)82(124)111-78(92(6,7)136-135-91(4,5)47-75(118)102-69(45-73(95)116)85(127)103-63)88(130)108-66(40-53-23-28-61(29-24-53)134-38-34-94)83(125)105-67(41-55-20-25-56-16-10-11-17-57(56)39-55)87(129)112-93(32-36-133-37-33-93)90(132)110-65(30-31-76(119)120)81(123)107-70(46-74(96)117)86(128)109-71(44-59-49-98-50-101-59)89(131)113(8)72(79(97)121)42-54-21-26-60(115)27-22-54/h10-11,14-18,20-29,39,48-50,63-72,78,100,115H,9,12-13,19,30-38,40-47,94H2,1-8H3,(H2,95,116)(H2,96,117)(H2,97,121)(H,98,101)(H,99,114)(H,102,118)(H,103,127)(H,104,126)(H,105,125)(H,106,122)(H,107,123)(H,108,130)(H,109,128)(H,110,132)(H,111,124)(H,112,129)(H,119,120)/t63-,64?,65-,66-,67-,68-,69-,70-,71+,72?,78-/m0/s1. The third-order valence-electron chi connectivity index (χ3n) is 23.2. The lowest BCUT2D eigenvalue weighted by atomic mass is 9.87. The van der Waals surface area contributed by atoms with Crippen molar-refractivity contribution in [1.29, 1.82) is 0 Å². The number of nitrogens with two attached hydrogens (primary N) is 4. The summed E-state index contributed by atoms with van der Waals surface area (Å²) in [6.07, 6.45) is -1.08. The summed E-state index contributed by atoms with van der Waals surface area (Å²) in [5.41, 5.74) is 24.6. The van der Waals surface area contributed by atoms with Crippen molar-refractivity contribution in [2.45, 2.75) is 233 Å². The van der Waals surface area contributed by atoms with Crippen molar-refractivity contribution in [2.75, 3.05) is 40.0 Å². The summed E-state index contributed by atoms with van der Waals surface area (Å²) in [5.74, 6) is -16.6. The van der Waals surface area contributed by atoms with E-state index in [0.717, 1.165) is 43.0 Å². The number of phenolic OH excluding ortho intramolecular Hbond substituents is 1. The van der Waals surface area contributed by atoms with Gasteiger partial charge in [0.1, 0.15) is 90.1 Å². The number of imidazole rings is 1. The van der Waals surface area contributed by atoms with Crippen LogP contribution in [0.2, 0.25) is 0 Å². The summed E-state index contributed by atoms with van der Waals surface area (Å²) in [6, 6.07) is 12.0. The van der Waals surface area contributed by atoms with Gasteiger partial charge in [0.25, 0.3) is 0 Å². The number of carboxylic acid groups (broad SMARTS) is 1. The number of aromatic nitrogens is 3. The van der Waals surface area contributed by atoms with Gasteiger partial charge in [0.2, 0.25) is 94.5 Å². The highest BCUT2D eigenvalue weighted by Gasteiger charge is 2.48. The number of rotatable bonds is 41. The molecule has 7 aromatic rings. The fraction of sp³-hybridized carbons (Fsp3) is 0.462. The number of aromatic amines is 2. The number of carbonyl (C=O) groups excluding carboxylic acids is 16. The molecule has 0 saturated carbocycles. The molecule has 0 spiro atoms. The number of benzene rings is 5. The quantitative estimate of drug-likeness (QED) is 0.0182. The van der Waals surface area contributed by atoms with Gasteiger partial charge in [-0.25, -0.2) is 4.98 Å². The molecule has 41 nitrogen and oxygen atoms in total. The lowest BCUT2D eigenvalue weighted by molar-refractivity contribution is -0.142. The van der Waals surface area contributed by atoms with Crippen molar-refractivity contribution in [1.82, 2.24) is 83.7 Å². The van der Waals surface area contributed by atoms with Crippen molar-refractivity contribution in [2.24, 2.45) is 22.9 Å². The molecule has 43 heteroatoms. The number of aromatic hydroxyl groups is 1. The SMILES string of the molecule is CC[C@@H]1NC(=O)[C@H](CC(N)=O)NC(=O)CC(C)(C)SSC(C)(C)[C@H](C(=O)N[C@@H](Cc2ccc(OCCN)cc2)C(=O)N[C@@H](Cc2ccc3ccccc3c2)C(=O)NC2(C(=O)N[C@@H](CCC(=O)O)C(=O)N[C@@H](CC(N)=O)C(=O)N[C@H](Cc3cnc[nH]3)C(=O)N(C)C(Cc3ccc(O)cc3)C(N)=O)CCOCC2)NC(=O)C(CCCCNC(C)=O)NC(=O)[C@H](Cc2c[nH]c3c(C)cccc23)NC1=O. The van der Waals surface area contributed by atoms with Crippen molar-refractivity contribution in [3.05, 3.63) is 161 Å².